The normalized spacial score (nSPS) is 12.0. The van der Waals surface area contributed by atoms with Gasteiger partial charge in [0, 0.05) is 16.9 Å². The van der Waals surface area contributed by atoms with Crippen LogP contribution < -0.4 is 10.1 Å². The van der Waals surface area contributed by atoms with Gasteiger partial charge in [0.05, 0.1) is 23.7 Å². The second-order valence-electron chi connectivity index (χ2n) is 6.33. The number of amides is 1. The van der Waals surface area contributed by atoms with E-state index in [1.54, 1.807) is 18.2 Å². The maximum absolute atomic E-state index is 13.9. The number of hydrogen-bond donors (Lipinski definition) is 1. The summed E-state index contributed by atoms with van der Waals surface area (Å²) in [5.41, 5.74) is 2.59. The number of aromatic nitrogens is 1. The van der Waals surface area contributed by atoms with Crippen molar-refractivity contribution in [3.63, 3.8) is 0 Å². The smallest absolute Gasteiger partial charge is 0.261 e. The molecule has 7 heteroatoms. The van der Waals surface area contributed by atoms with Gasteiger partial charge in [-0.1, -0.05) is 11.2 Å². The average molecular weight is 388 g/mol. The molecule has 0 radical (unpaired) electrons. The summed E-state index contributed by atoms with van der Waals surface area (Å²) in [4.78, 5) is 14.2. The van der Waals surface area contributed by atoms with Crippen LogP contribution in [-0.2, 0) is 6.42 Å². The molecule has 2 aromatic heterocycles. The van der Waals surface area contributed by atoms with Crippen LogP contribution in [0.2, 0.25) is 0 Å². The Labute approximate surface area is 161 Å². The largest absolute Gasteiger partial charge is 0.494 e. The second-order valence-corrected chi connectivity index (χ2v) is 7.50. The van der Waals surface area contributed by atoms with E-state index in [0.717, 1.165) is 21.9 Å². The van der Waals surface area contributed by atoms with Crippen LogP contribution in [0.25, 0.3) is 0 Å². The molecule has 0 aliphatic rings. The first-order valence-electron chi connectivity index (χ1n) is 8.53. The molecule has 1 N–H and O–H groups in total. The van der Waals surface area contributed by atoms with Gasteiger partial charge in [-0.25, -0.2) is 4.39 Å². The lowest BCUT2D eigenvalue weighted by Gasteiger charge is -2.14. The number of methoxy groups -OCH3 is 1. The molecule has 0 aliphatic heterocycles. The van der Waals surface area contributed by atoms with Gasteiger partial charge >= 0.3 is 0 Å². The Hall–Kier alpha value is -2.67. The maximum atomic E-state index is 13.9. The molecule has 3 aromatic rings. The molecule has 0 bridgehead atoms. The summed E-state index contributed by atoms with van der Waals surface area (Å²) in [6, 6.07) is 8.08. The fourth-order valence-electron chi connectivity index (χ4n) is 2.83. The van der Waals surface area contributed by atoms with E-state index < -0.39 is 5.82 Å². The van der Waals surface area contributed by atoms with Gasteiger partial charge in [-0.05, 0) is 50.6 Å². The van der Waals surface area contributed by atoms with E-state index in [2.05, 4.69) is 10.5 Å². The summed E-state index contributed by atoms with van der Waals surface area (Å²) in [6.45, 7) is 5.60. The minimum atomic E-state index is -0.450. The lowest BCUT2D eigenvalue weighted by molar-refractivity contribution is 0.0944. The van der Waals surface area contributed by atoms with Gasteiger partial charge in [-0.2, -0.15) is 0 Å². The molecule has 3 rings (SSSR count). The number of hydrogen-bond acceptors (Lipinski definition) is 5. The van der Waals surface area contributed by atoms with Gasteiger partial charge < -0.3 is 14.6 Å². The van der Waals surface area contributed by atoms with Gasteiger partial charge in [0.25, 0.3) is 5.91 Å². The molecule has 1 amide bonds. The fraction of sp³-hybridized carbons (Fsp3) is 0.300. The highest BCUT2D eigenvalue weighted by Gasteiger charge is 2.17. The van der Waals surface area contributed by atoms with Crippen molar-refractivity contribution in [2.45, 2.75) is 33.2 Å². The van der Waals surface area contributed by atoms with E-state index in [0.29, 0.717) is 16.9 Å². The number of nitrogens with zero attached hydrogens (tertiary/aromatic N) is 1. The van der Waals surface area contributed by atoms with Gasteiger partial charge in [0.1, 0.15) is 5.76 Å². The molecule has 1 unspecified atom stereocenters. The fourth-order valence-corrected chi connectivity index (χ4v) is 3.75. The molecule has 2 heterocycles. The summed E-state index contributed by atoms with van der Waals surface area (Å²) < 4.78 is 24.0. The molecular weight excluding hydrogens is 367 g/mol. The van der Waals surface area contributed by atoms with E-state index in [4.69, 9.17) is 9.26 Å². The molecule has 27 heavy (non-hydrogen) atoms. The number of carbonyl (C=O) groups is 1. The minimum absolute atomic E-state index is 0.180. The van der Waals surface area contributed by atoms with E-state index in [1.807, 2.05) is 26.8 Å². The van der Waals surface area contributed by atoms with Crippen molar-refractivity contribution in [3.05, 3.63) is 68.5 Å². The Bertz CT molecular complexity index is 945. The van der Waals surface area contributed by atoms with Crippen molar-refractivity contribution >= 4 is 17.2 Å². The maximum Gasteiger partial charge on any atom is 0.261 e. The van der Waals surface area contributed by atoms with E-state index in [-0.39, 0.29) is 17.7 Å². The molecule has 0 saturated carbocycles. The number of nitrogens with one attached hydrogen (secondary N) is 1. The molecule has 1 aromatic carbocycles. The third-order valence-corrected chi connectivity index (χ3v) is 5.53. The zero-order valence-electron chi connectivity index (χ0n) is 15.6. The second kappa shape index (κ2) is 7.92. The van der Waals surface area contributed by atoms with Gasteiger partial charge in [-0.15, -0.1) is 11.3 Å². The predicted molar refractivity (Wildman–Crippen MR) is 102 cm³/mol. The quantitative estimate of drug-likeness (QED) is 0.671. The van der Waals surface area contributed by atoms with Crippen LogP contribution in [0.5, 0.6) is 5.75 Å². The Balaban J connectivity index is 1.68. The topological polar surface area (TPSA) is 64.4 Å². The monoisotopic (exact) mass is 388 g/mol. The molecule has 142 valence electrons. The average Bonchev–Trinajstić information content (AvgIpc) is 3.24. The molecule has 0 fully saturated rings. The van der Waals surface area contributed by atoms with Crippen LogP contribution in [0, 0.1) is 19.7 Å². The highest BCUT2D eigenvalue weighted by Crippen LogP contribution is 2.25. The van der Waals surface area contributed by atoms with Gasteiger partial charge in [0.15, 0.2) is 11.6 Å². The van der Waals surface area contributed by atoms with Crippen LogP contribution in [0.1, 0.15) is 50.1 Å². The molecule has 5 nitrogen and oxygen atoms in total. The zero-order valence-corrected chi connectivity index (χ0v) is 16.4. The first-order valence-corrected chi connectivity index (χ1v) is 9.35. The number of ether oxygens (including phenoxy) is 1. The van der Waals surface area contributed by atoms with Crippen LogP contribution in [-0.4, -0.2) is 18.2 Å². The van der Waals surface area contributed by atoms with Crippen LogP contribution in [0.4, 0.5) is 4.39 Å². The summed E-state index contributed by atoms with van der Waals surface area (Å²) in [6.07, 6.45) is 0.679. The molecule has 0 aliphatic carbocycles. The molecular formula is C20H21FN2O3S. The number of thiophene rings is 1. The van der Waals surface area contributed by atoms with E-state index >= 15 is 0 Å². The van der Waals surface area contributed by atoms with Crippen LogP contribution >= 0.6 is 11.3 Å². The van der Waals surface area contributed by atoms with Crippen molar-refractivity contribution in [2.75, 3.05) is 7.11 Å². The number of rotatable bonds is 6. The third kappa shape index (κ3) is 4.19. The van der Waals surface area contributed by atoms with Crippen LogP contribution in [0.15, 0.2) is 34.9 Å². The van der Waals surface area contributed by atoms with Gasteiger partial charge in [0.2, 0.25) is 0 Å². The van der Waals surface area contributed by atoms with Crippen molar-refractivity contribution in [3.8, 4) is 5.75 Å². The molecule has 0 saturated heterocycles. The summed E-state index contributed by atoms with van der Waals surface area (Å²) in [7, 11) is 1.42. The third-order valence-electron chi connectivity index (χ3n) is 4.44. The summed E-state index contributed by atoms with van der Waals surface area (Å²) in [5.74, 6) is 0.337. The Morgan fingerprint density at radius 3 is 2.74 bits per heavy atom. The van der Waals surface area contributed by atoms with Crippen molar-refractivity contribution in [1.82, 2.24) is 10.5 Å². The molecule has 1 atom stereocenters. The van der Waals surface area contributed by atoms with Crippen molar-refractivity contribution < 1.29 is 18.4 Å². The van der Waals surface area contributed by atoms with E-state index in [9.17, 15) is 9.18 Å². The highest BCUT2D eigenvalue weighted by molar-refractivity contribution is 7.14. The van der Waals surface area contributed by atoms with E-state index in [1.165, 1.54) is 24.5 Å². The molecule has 0 spiro atoms. The van der Waals surface area contributed by atoms with Crippen LogP contribution in [0.3, 0.4) is 0 Å². The highest BCUT2D eigenvalue weighted by atomic mass is 32.1. The Kier molecular flexibility index (Phi) is 5.60. The Morgan fingerprint density at radius 2 is 2.11 bits per heavy atom. The zero-order chi connectivity index (χ0) is 19.6. The first kappa shape index (κ1) is 19.1. The van der Waals surface area contributed by atoms with Gasteiger partial charge in [-0.3, -0.25) is 4.79 Å². The number of aryl methyl sites for hydroxylation is 2. The number of carbonyl (C=O) groups excluding carboxylic acids is 1. The minimum Gasteiger partial charge on any atom is -0.494 e. The van der Waals surface area contributed by atoms with Crippen molar-refractivity contribution in [1.29, 1.82) is 0 Å². The summed E-state index contributed by atoms with van der Waals surface area (Å²) >= 11 is 1.43. The number of halogens is 1. The summed E-state index contributed by atoms with van der Waals surface area (Å²) in [5, 5.41) is 6.86. The SMILES string of the molecule is COc1ccc(C(C)NC(=O)c2ccc(Cc3c(C)noc3C)s2)cc1F. The lowest BCUT2D eigenvalue weighted by atomic mass is 10.1. The lowest BCUT2D eigenvalue weighted by Crippen LogP contribution is -2.25. The predicted octanol–water partition coefficient (Wildman–Crippen LogP) is 4.58. The first-order chi connectivity index (χ1) is 12.9. The number of benzene rings is 1. The van der Waals surface area contributed by atoms with Crippen molar-refractivity contribution in [2.24, 2.45) is 0 Å². The standard InChI is InChI=1S/C20H21FN2O3S/c1-11(14-5-7-18(25-4)17(21)9-14)22-20(24)19-8-6-15(27-19)10-16-12(2)23-26-13(16)3/h5-9,11H,10H2,1-4H3,(H,22,24). The Morgan fingerprint density at radius 1 is 1.33 bits per heavy atom.